The van der Waals surface area contributed by atoms with Gasteiger partial charge in [0.1, 0.15) is 5.71 Å². The first-order valence-corrected chi connectivity index (χ1v) is 9.19. The number of esters is 1. The van der Waals surface area contributed by atoms with Crippen LogP contribution in [0.4, 0.5) is 11.4 Å². The van der Waals surface area contributed by atoms with E-state index in [9.17, 15) is 10.0 Å². The highest BCUT2D eigenvalue weighted by molar-refractivity contribution is 6.69. The first-order valence-electron chi connectivity index (χ1n) is 9.19. The topological polar surface area (TPSA) is 83.7 Å². The Balaban J connectivity index is 2.00. The fourth-order valence-corrected chi connectivity index (χ4v) is 2.94. The van der Waals surface area contributed by atoms with E-state index in [0.29, 0.717) is 24.5 Å². The summed E-state index contributed by atoms with van der Waals surface area (Å²) in [5.74, 6) is -0.725. The number of carbonyl (C=O) groups is 1. The molecule has 7 nitrogen and oxygen atoms in total. The Labute approximate surface area is 163 Å². The number of hydrogen-bond donors (Lipinski definition) is 1. The van der Waals surface area contributed by atoms with E-state index >= 15 is 0 Å². The van der Waals surface area contributed by atoms with Crippen molar-refractivity contribution in [3.05, 3.63) is 60.2 Å². The smallest absolute Gasteiger partial charge is 0.362 e. The van der Waals surface area contributed by atoms with Crippen LogP contribution in [0.25, 0.3) is 0 Å². The molecule has 146 valence electrons. The average Bonchev–Trinajstić information content (AvgIpc) is 2.75. The lowest BCUT2D eigenvalue weighted by atomic mass is 10.1. The Kier molecular flexibility index (Phi) is 6.75. The van der Waals surface area contributed by atoms with Crippen LogP contribution in [0.3, 0.4) is 0 Å². The summed E-state index contributed by atoms with van der Waals surface area (Å²) in [6.45, 7) is 4.86. The Morgan fingerprint density at radius 3 is 2.57 bits per heavy atom. The molecule has 0 amide bonds. The predicted octanol–water partition coefficient (Wildman–Crippen LogP) is 3.04. The summed E-state index contributed by atoms with van der Waals surface area (Å²) in [5.41, 5.74) is 2.34. The monoisotopic (exact) mass is 381 g/mol. The molecular weight excluding hydrogens is 358 g/mol. The van der Waals surface area contributed by atoms with Crippen molar-refractivity contribution in [3.63, 3.8) is 0 Å². The highest BCUT2D eigenvalue weighted by Crippen LogP contribution is 2.23. The second-order valence-electron chi connectivity index (χ2n) is 6.11. The number of nitrogens with zero attached hydrogens (tertiary/aromatic N) is 3. The molecule has 1 saturated heterocycles. The van der Waals surface area contributed by atoms with E-state index in [0.717, 1.165) is 18.8 Å². The van der Waals surface area contributed by atoms with Crippen molar-refractivity contribution in [3.8, 4) is 0 Å². The van der Waals surface area contributed by atoms with Crippen LogP contribution < -0.4 is 4.90 Å². The third kappa shape index (κ3) is 4.75. The normalized spacial score (nSPS) is 15.4. The van der Waals surface area contributed by atoms with Gasteiger partial charge in [-0.1, -0.05) is 41.6 Å². The van der Waals surface area contributed by atoms with Gasteiger partial charge in [0.15, 0.2) is 0 Å². The molecule has 0 aromatic heterocycles. The Hall–Kier alpha value is -3.19. The van der Waals surface area contributed by atoms with E-state index in [-0.39, 0.29) is 18.0 Å². The molecular formula is C21H23N3O4. The molecule has 1 aliphatic rings. The minimum absolute atomic E-state index is 0.173. The van der Waals surface area contributed by atoms with Crippen molar-refractivity contribution in [1.29, 1.82) is 0 Å². The molecule has 2 aromatic rings. The molecule has 1 fully saturated rings. The minimum Gasteiger partial charge on any atom is -0.461 e. The molecule has 1 aliphatic heterocycles. The number of aliphatic imine (C=N–C) groups is 1. The van der Waals surface area contributed by atoms with Gasteiger partial charge in [0.25, 0.3) is 0 Å². The second kappa shape index (κ2) is 9.66. The third-order valence-corrected chi connectivity index (χ3v) is 4.29. The van der Waals surface area contributed by atoms with Gasteiger partial charge in [-0.3, -0.25) is 0 Å². The Morgan fingerprint density at radius 2 is 1.89 bits per heavy atom. The minimum atomic E-state index is -0.725. The first kappa shape index (κ1) is 19.6. The van der Waals surface area contributed by atoms with Crippen LogP contribution in [0, 0.1) is 0 Å². The molecule has 28 heavy (non-hydrogen) atoms. The van der Waals surface area contributed by atoms with Crippen molar-refractivity contribution in [1.82, 2.24) is 0 Å². The van der Waals surface area contributed by atoms with Crippen molar-refractivity contribution in [2.75, 3.05) is 37.8 Å². The average molecular weight is 381 g/mol. The molecule has 0 atom stereocenters. The summed E-state index contributed by atoms with van der Waals surface area (Å²) in [6.07, 6.45) is 0. The number of carbonyl (C=O) groups excluding carboxylic acids is 1. The van der Waals surface area contributed by atoms with Crippen LogP contribution >= 0.6 is 0 Å². The van der Waals surface area contributed by atoms with Crippen LogP contribution in [0.1, 0.15) is 12.5 Å². The molecule has 7 heteroatoms. The molecule has 0 aliphatic carbocycles. The predicted molar refractivity (Wildman–Crippen MR) is 108 cm³/mol. The maximum Gasteiger partial charge on any atom is 0.362 e. The van der Waals surface area contributed by atoms with E-state index < -0.39 is 5.97 Å². The second-order valence-corrected chi connectivity index (χ2v) is 6.11. The summed E-state index contributed by atoms with van der Waals surface area (Å²) in [5, 5.41) is 12.7. The van der Waals surface area contributed by atoms with Crippen LogP contribution in [0.15, 0.2) is 64.7 Å². The summed E-state index contributed by atoms with van der Waals surface area (Å²) in [6, 6.07) is 16.8. The van der Waals surface area contributed by atoms with E-state index in [2.05, 4.69) is 15.0 Å². The molecule has 0 unspecified atom stereocenters. The maximum absolute atomic E-state index is 12.3. The number of morpholine rings is 1. The van der Waals surface area contributed by atoms with Gasteiger partial charge >= 0.3 is 5.97 Å². The number of anilines is 1. The zero-order valence-electron chi connectivity index (χ0n) is 15.7. The summed E-state index contributed by atoms with van der Waals surface area (Å²) < 4.78 is 10.4. The lowest BCUT2D eigenvalue weighted by molar-refractivity contribution is -0.134. The van der Waals surface area contributed by atoms with Crippen LogP contribution in [0.5, 0.6) is 0 Å². The number of rotatable bonds is 6. The van der Waals surface area contributed by atoms with Gasteiger partial charge in [-0.15, -0.1) is 0 Å². The molecule has 1 N–H and O–H groups in total. The lowest BCUT2D eigenvalue weighted by Crippen LogP contribution is -2.36. The molecule has 1 heterocycles. The number of ether oxygens (including phenoxy) is 2. The Morgan fingerprint density at radius 1 is 1.14 bits per heavy atom. The maximum atomic E-state index is 12.3. The largest absolute Gasteiger partial charge is 0.461 e. The summed E-state index contributed by atoms with van der Waals surface area (Å²) in [7, 11) is 0. The van der Waals surface area contributed by atoms with Crippen molar-refractivity contribution in [2.24, 2.45) is 10.1 Å². The molecule has 0 bridgehead atoms. The molecule has 0 spiro atoms. The van der Waals surface area contributed by atoms with E-state index in [1.54, 1.807) is 19.1 Å². The number of benzene rings is 2. The van der Waals surface area contributed by atoms with E-state index in [1.165, 1.54) is 0 Å². The number of hydrogen-bond acceptors (Lipinski definition) is 7. The zero-order valence-corrected chi connectivity index (χ0v) is 15.7. The fourth-order valence-electron chi connectivity index (χ4n) is 2.94. The molecule has 2 aromatic carbocycles. The first-order chi connectivity index (χ1) is 13.7. The SMILES string of the molecule is CCOC(=O)C(=NO)C(=Nc1cccc(N2CCOCC2)c1)c1ccccc1. The van der Waals surface area contributed by atoms with Gasteiger partial charge < -0.3 is 19.6 Å². The summed E-state index contributed by atoms with van der Waals surface area (Å²) in [4.78, 5) is 19.1. The van der Waals surface area contributed by atoms with Gasteiger partial charge in [0, 0.05) is 24.3 Å². The van der Waals surface area contributed by atoms with Gasteiger partial charge in [0.2, 0.25) is 5.71 Å². The zero-order chi connectivity index (χ0) is 19.8. The van der Waals surface area contributed by atoms with Gasteiger partial charge in [-0.05, 0) is 25.1 Å². The van der Waals surface area contributed by atoms with Gasteiger partial charge in [0.05, 0.1) is 25.5 Å². The van der Waals surface area contributed by atoms with Crippen LogP contribution in [-0.4, -0.2) is 55.5 Å². The van der Waals surface area contributed by atoms with Gasteiger partial charge in [-0.2, -0.15) is 0 Å². The Bertz CT molecular complexity index is 859. The van der Waals surface area contributed by atoms with Crippen molar-refractivity contribution in [2.45, 2.75) is 6.92 Å². The van der Waals surface area contributed by atoms with Gasteiger partial charge in [-0.25, -0.2) is 9.79 Å². The molecule has 0 radical (unpaired) electrons. The van der Waals surface area contributed by atoms with E-state index in [1.807, 2.05) is 42.5 Å². The lowest BCUT2D eigenvalue weighted by Gasteiger charge is -2.28. The highest BCUT2D eigenvalue weighted by Gasteiger charge is 2.22. The van der Waals surface area contributed by atoms with Crippen molar-refractivity contribution >= 4 is 28.8 Å². The molecule has 3 rings (SSSR count). The fraction of sp³-hybridized carbons (Fsp3) is 0.286. The quantitative estimate of drug-likeness (QED) is 0.360. The molecule has 0 saturated carbocycles. The van der Waals surface area contributed by atoms with E-state index in [4.69, 9.17) is 9.47 Å². The number of oxime groups is 1. The van der Waals surface area contributed by atoms with Crippen LogP contribution in [-0.2, 0) is 14.3 Å². The van der Waals surface area contributed by atoms with Crippen molar-refractivity contribution < 1.29 is 19.5 Å². The van der Waals surface area contributed by atoms with Crippen LogP contribution in [0.2, 0.25) is 0 Å². The third-order valence-electron chi connectivity index (χ3n) is 4.29. The standard InChI is InChI=1S/C21H23N3O4/c1-2-28-21(25)20(23-26)19(16-7-4-3-5-8-16)22-17-9-6-10-18(15-17)24-11-13-27-14-12-24/h3-10,15,26H,2,11-14H2,1H3. The summed E-state index contributed by atoms with van der Waals surface area (Å²) >= 11 is 0. The highest BCUT2D eigenvalue weighted by atomic mass is 16.5.